The van der Waals surface area contributed by atoms with Crippen LogP contribution < -0.4 is 16.2 Å². The van der Waals surface area contributed by atoms with Gasteiger partial charge in [0.25, 0.3) is 0 Å². The Bertz CT molecular complexity index is 632. The number of pyridine rings is 1. The molecule has 1 aromatic heterocycles. The Morgan fingerprint density at radius 1 is 1.18 bits per heavy atom. The first kappa shape index (κ1) is 15.0. The molecule has 0 aliphatic carbocycles. The number of rotatable bonds is 4. The van der Waals surface area contributed by atoms with Crippen LogP contribution in [-0.2, 0) is 11.3 Å². The van der Waals surface area contributed by atoms with Crippen molar-refractivity contribution in [2.75, 3.05) is 0 Å². The zero-order valence-corrected chi connectivity index (χ0v) is 12.7. The second-order valence-corrected chi connectivity index (χ2v) is 5.69. The molecule has 22 heavy (non-hydrogen) atoms. The van der Waals surface area contributed by atoms with Crippen molar-refractivity contribution < 1.29 is 4.79 Å². The van der Waals surface area contributed by atoms with Crippen molar-refractivity contribution in [1.29, 1.82) is 0 Å². The molecule has 1 aliphatic heterocycles. The molecule has 1 aliphatic rings. The van der Waals surface area contributed by atoms with Gasteiger partial charge in [-0.2, -0.15) is 0 Å². The van der Waals surface area contributed by atoms with Crippen molar-refractivity contribution >= 4 is 17.5 Å². The van der Waals surface area contributed by atoms with Gasteiger partial charge in [0.2, 0.25) is 5.91 Å². The van der Waals surface area contributed by atoms with E-state index in [1.165, 1.54) is 0 Å². The fourth-order valence-corrected chi connectivity index (χ4v) is 2.58. The highest BCUT2D eigenvalue weighted by atomic mass is 35.5. The zero-order chi connectivity index (χ0) is 15.4. The van der Waals surface area contributed by atoms with Gasteiger partial charge in [-0.1, -0.05) is 23.7 Å². The van der Waals surface area contributed by atoms with Gasteiger partial charge in [-0.3, -0.25) is 9.78 Å². The third-order valence-electron chi connectivity index (χ3n) is 3.71. The highest BCUT2D eigenvalue weighted by molar-refractivity contribution is 6.30. The van der Waals surface area contributed by atoms with Crippen LogP contribution in [-0.4, -0.2) is 16.9 Å². The summed E-state index contributed by atoms with van der Waals surface area (Å²) in [7, 11) is 0. The Balaban J connectivity index is 1.52. The summed E-state index contributed by atoms with van der Waals surface area (Å²) in [6, 6.07) is 11.2. The number of aromatic nitrogens is 1. The Morgan fingerprint density at radius 3 is 2.64 bits per heavy atom. The lowest BCUT2D eigenvalue weighted by Crippen LogP contribution is -2.42. The average Bonchev–Trinajstić information content (AvgIpc) is 3.05. The van der Waals surface area contributed by atoms with Crippen molar-refractivity contribution in [2.45, 2.75) is 25.0 Å². The van der Waals surface area contributed by atoms with E-state index in [0.29, 0.717) is 18.0 Å². The molecule has 5 nitrogen and oxygen atoms in total. The smallest absolute Gasteiger partial charge is 0.238 e. The molecule has 0 bridgehead atoms. The van der Waals surface area contributed by atoms with E-state index in [-0.39, 0.29) is 18.0 Å². The summed E-state index contributed by atoms with van der Waals surface area (Å²) >= 11 is 5.84. The maximum absolute atomic E-state index is 12.2. The maximum Gasteiger partial charge on any atom is 0.238 e. The number of hydrogen-bond donors (Lipinski definition) is 3. The molecule has 1 fully saturated rings. The predicted molar refractivity (Wildman–Crippen MR) is 85.0 cm³/mol. The SMILES string of the molecule is O=C(NCc1ccc(Cl)cc1)C1CC(c2ccncc2)NN1. The molecular weight excluding hydrogens is 300 g/mol. The summed E-state index contributed by atoms with van der Waals surface area (Å²) in [6.07, 6.45) is 4.21. The van der Waals surface area contributed by atoms with E-state index in [2.05, 4.69) is 21.2 Å². The predicted octanol–water partition coefficient (Wildman–Crippen LogP) is 1.96. The summed E-state index contributed by atoms with van der Waals surface area (Å²) < 4.78 is 0. The molecule has 3 rings (SSSR count). The highest BCUT2D eigenvalue weighted by Crippen LogP contribution is 2.21. The van der Waals surface area contributed by atoms with Crippen molar-refractivity contribution in [3.05, 3.63) is 64.9 Å². The average molecular weight is 317 g/mol. The maximum atomic E-state index is 12.2. The topological polar surface area (TPSA) is 66.0 Å². The van der Waals surface area contributed by atoms with E-state index < -0.39 is 0 Å². The molecule has 3 N–H and O–H groups in total. The fraction of sp³-hybridized carbons (Fsp3) is 0.250. The van der Waals surface area contributed by atoms with Crippen molar-refractivity contribution in [1.82, 2.24) is 21.2 Å². The molecule has 2 atom stereocenters. The minimum Gasteiger partial charge on any atom is -0.351 e. The zero-order valence-electron chi connectivity index (χ0n) is 11.9. The Morgan fingerprint density at radius 2 is 1.91 bits per heavy atom. The third-order valence-corrected chi connectivity index (χ3v) is 3.96. The Hall–Kier alpha value is -1.95. The molecule has 2 unspecified atom stereocenters. The molecule has 114 valence electrons. The van der Waals surface area contributed by atoms with Crippen molar-refractivity contribution in [3.8, 4) is 0 Å². The number of hydrogen-bond acceptors (Lipinski definition) is 4. The number of nitrogens with one attached hydrogen (secondary N) is 3. The van der Waals surface area contributed by atoms with E-state index in [1.807, 2.05) is 36.4 Å². The van der Waals surface area contributed by atoms with E-state index in [9.17, 15) is 4.79 Å². The Kier molecular flexibility index (Phi) is 4.68. The van der Waals surface area contributed by atoms with E-state index in [1.54, 1.807) is 12.4 Å². The molecular formula is C16H17ClN4O. The van der Waals surface area contributed by atoms with Crippen LogP contribution in [0.1, 0.15) is 23.6 Å². The van der Waals surface area contributed by atoms with Gasteiger partial charge in [0.1, 0.15) is 6.04 Å². The molecule has 0 spiro atoms. The summed E-state index contributed by atoms with van der Waals surface area (Å²) in [5.74, 6) is -0.0148. The standard InChI is InChI=1S/C16H17ClN4O/c17-13-3-1-11(2-4-13)10-19-16(22)15-9-14(20-21-15)12-5-7-18-8-6-12/h1-8,14-15,20-21H,9-10H2,(H,19,22). The lowest BCUT2D eigenvalue weighted by molar-refractivity contribution is -0.123. The quantitative estimate of drug-likeness (QED) is 0.807. The first-order valence-corrected chi connectivity index (χ1v) is 7.53. The van der Waals surface area contributed by atoms with Crippen molar-refractivity contribution in [3.63, 3.8) is 0 Å². The summed E-state index contributed by atoms with van der Waals surface area (Å²) in [5, 5.41) is 3.63. The third kappa shape index (κ3) is 3.62. The van der Waals surface area contributed by atoms with E-state index in [4.69, 9.17) is 11.6 Å². The van der Waals surface area contributed by atoms with Crippen LogP contribution in [0.2, 0.25) is 5.02 Å². The molecule has 2 heterocycles. The largest absolute Gasteiger partial charge is 0.351 e. The second kappa shape index (κ2) is 6.87. The molecule has 0 radical (unpaired) electrons. The van der Waals surface area contributed by atoms with Crippen LogP contribution in [0.3, 0.4) is 0 Å². The van der Waals surface area contributed by atoms with Gasteiger partial charge in [0.05, 0.1) is 0 Å². The minimum absolute atomic E-state index is 0.0148. The van der Waals surface area contributed by atoms with Crippen molar-refractivity contribution in [2.24, 2.45) is 0 Å². The first-order chi connectivity index (χ1) is 10.7. The van der Waals surface area contributed by atoms with Crippen LogP contribution in [0, 0.1) is 0 Å². The van der Waals surface area contributed by atoms with Crippen LogP contribution in [0.4, 0.5) is 0 Å². The van der Waals surface area contributed by atoms with E-state index >= 15 is 0 Å². The monoisotopic (exact) mass is 316 g/mol. The van der Waals surface area contributed by atoms with Gasteiger partial charge in [0.15, 0.2) is 0 Å². The molecule has 1 amide bonds. The van der Waals surface area contributed by atoms with Gasteiger partial charge in [-0.15, -0.1) is 0 Å². The number of amides is 1. The van der Waals surface area contributed by atoms with Crippen LogP contribution in [0.15, 0.2) is 48.8 Å². The molecule has 1 aromatic carbocycles. The number of benzene rings is 1. The van der Waals surface area contributed by atoms with Gasteiger partial charge >= 0.3 is 0 Å². The van der Waals surface area contributed by atoms with Crippen LogP contribution in [0.25, 0.3) is 0 Å². The van der Waals surface area contributed by atoms with E-state index in [0.717, 1.165) is 11.1 Å². The Labute approximate surface area is 134 Å². The van der Waals surface area contributed by atoms with Gasteiger partial charge in [-0.25, -0.2) is 10.9 Å². The molecule has 0 saturated carbocycles. The number of halogens is 1. The molecule has 6 heteroatoms. The molecule has 2 aromatic rings. The first-order valence-electron chi connectivity index (χ1n) is 7.15. The lowest BCUT2D eigenvalue weighted by Gasteiger charge is -2.11. The fourth-order valence-electron chi connectivity index (χ4n) is 2.46. The lowest BCUT2D eigenvalue weighted by atomic mass is 10.0. The minimum atomic E-state index is -0.245. The second-order valence-electron chi connectivity index (χ2n) is 5.25. The normalized spacial score (nSPS) is 20.8. The summed E-state index contributed by atoms with van der Waals surface area (Å²) in [6.45, 7) is 0.494. The van der Waals surface area contributed by atoms with Crippen LogP contribution in [0.5, 0.6) is 0 Å². The highest BCUT2D eigenvalue weighted by Gasteiger charge is 2.29. The van der Waals surface area contributed by atoms with Gasteiger partial charge < -0.3 is 5.32 Å². The van der Waals surface area contributed by atoms with Gasteiger partial charge in [0, 0.05) is 30.0 Å². The summed E-state index contributed by atoms with van der Waals surface area (Å²) in [4.78, 5) is 16.2. The molecule has 1 saturated heterocycles. The van der Waals surface area contributed by atoms with Crippen LogP contribution >= 0.6 is 11.6 Å². The number of carbonyl (C=O) groups excluding carboxylic acids is 1. The number of nitrogens with zero attached hydrogens (tertiary/aromatic N) is 1. The summed E-state index contributed by atoms with van der Waals surface area (Å²) in [5.41, 5.74) is 8.34. The number of hydrazine groups is 1. The van der Waals surface area contributed by atoms with Gasteiger partial charge in [-0.05, 0) is 41.8 Å². The number of carbonyl (C=O) groups is 1.